The van der Waals surface area contributed by atoms with Crippen LogP contribution in [0, 0.1) is 0 Å². The van der Waals surface area contributed by atoms with Gasteiger partial charge < -0.3 is 21.3 Å². The summed E-state index contributed by atoms with van der Waals surface area (Å²) in [6.07, 6.45) is 0. The molecule has 0 radical (unpaired) electrons. The Bertz CT molecular complexity index is 62.3. The third-order valence-corrected chi connectivity index (χ3v) is 1.91. The van der Waals surface area contributed by atoms with Crippen molar-refractivity contribution in [3.63, 3.8) is 0 Å². The fraction of sp³-hybridized carbons (Fsp3) is 1.00. The minimum atomic E-state index is 0. The fourth-order valence-corrected chi connectivity index (χ4v) is 1.21. The summed E-state index contributed by atoms with van der Waals surface area (Å²) in [7, 11) is 0. The van der Waals surface area contributed by atoms with Gasteiger partial charge in [0.25, 0.3) is 0 Å². The van der Waals surface area contributed by atoms with Crippen molar-refractivity contribution in [1.82, 2.24) is 21.3 Å². The third kappa shape index (κ3) is 10.8. The first kappa shape index (κ1) is 17.1. The van der Waals surface area contributed by atoms with Gasteiger partial charge in [0.15, 0.2) is 0 Å². The Kier molecular flexibility index (Phi) is 16.7. The van der Waals surface area contributed by atoms with Crippen LogP contribution in [-0.2, 0) is 0 Å². The van der Waals surface area contributed by atoms with Crippen molar-refractivity contribution in [2.45, 2.75) is 0 Å². The summed E-state index contributed by atoms with van der Waals surface area (Å²) < 4.78 is 0. The fourth-order valence-electron chi connectivity index (χ4n) is 1.21. The molecule has 0 aromatic rings. The van der Waals surface area contributed by atoms with Crippen molar-refractivity contribution < 1.29 is 0 Å². The maximum Gasteiger partial charge on any atom is 0.00772 e. The van der Waals surface area contributed by atoms with Crippen LogP contribution in [0.15, 0.2) is 0 Å². The highest BCUT2D eigenvalue weighted by Gasteiger charge is 1.92. The van der Waals surface area contributed by atoms with Crippen LogP contribution in [0.1, 0.15) is 0 Å². The van der Waals surface area contributed by atoms with E-state index < -0.39 is 0 Å². The zero-order chi connectivity index (χ0) is 8.49. The average molecular weight is 240 g/mol. The van der Waals surface area contributed by atoms with Crippen LogP contribution in [0.2, 0.25) is 0 Å². The molecule has 88 valence electrons. The first-order valence-electron chi connectivity index (χ1n) is 4.83. The van der Waals surface area contributed by atoms with Crippen molar-refractivity contribution >= 4 is 19.8 Å². The van der Waals surface area contributed by atoms with Crippen LogP contribution in [-0.4, -0.2) is 52.4 Å². The van der Waals surface area contributed by atoms with E-state index in [-0.39, 0.29) is 19.8 Å². The lowest BCUT2D eigenvalue weighted by atomic mass is 10.4. The number of rotatable bonds is 0. The molecule has 2 rings (SSSR count). The Morgan fingerprint density at radius 1 is 0.357 bits per heavy atom. The van der Waals surface area contributed by atoms with Gasteiger partial charge in [-0.2, -0.15) is 19.8 Å². The summed E-state index contributed by atoms with van der Waals surface area (Å²) >= 11 is 0. The van der Waals surface area contributed by atoms with Crippen LogP contribution >= 0.6 is 19.8 Å². The van der Waals surface area contributed by atoms with E-state index in [4.69, 9.17) is 0 Å². The Morgan fingerprint density at radius 3 is 0.571 bits per heavy atom. The van der Waals surface area contributed by atoms with E-state index in [9.17, 15) is 0 Å². The lowest BCUT2D eigenvalue weighted by Crippen LogP contribution is -2.39. The highest BCUT2D eigenvalue weighted by atomic mass is 31.0. The molecule has 0 bridgehead atoms. The predicted molar refractivity (Wildman–Crippen MR) is 73.7 cm³/mol. The lowest BCUT2D eigenvalue weighted by Gasteiger charge is -2.11. The molecule has 2 fully saturated rings. The molecule has 0 aromatic heterocycles. The molecule has 6 heteroatoms. The summed E-state index contributed by atoms with van der Waals surface area (Å²) in [5.41, 5.74) is 0. The van der Waals surface area contributed by atoms with E-state index in [0.29, 0.717) is 0 Å². The Hall–Kier alpha value is 0.700. The Balaban J connectivity index is 0. The quantitative estimate of drug-likeness (QED) is 0.388. The first-order chi connectivity index (χ1) is 6.00. The van der Waals surface area contributed by atoms with Gasteiger partial charge in [0, 0.05) is 52.4 Å². The average Bonchev–Trinajstić information content (AvgIpc) is 2.24. The van der Waals surface area contributed by atoms with Gasteiger partial charge in [0.2, 0.25) is 0 Å². The molecule has 4 nitrogen and oxygen atoms in total. The summed E-state index contributed by atoms with van der Waals surface area (Å²) in [5.74, 6) is 0. The molecule has 2 saturated heterocycles. The summed E-state index contributed by atoms with van der Waals surface area (Å²) in [5, 5.41) is 12.9. The van der Waals surface area contributed by atoms with Crippen molar-refractivity contribution in [3.05, 3.63) is 0 Å². The molecule has 0 aliphatic carbocycles. The third-order valence-electron chi connectivity index (χ3n) is 1.91. The van der Waals surface area contributed by atoms with Gasteiger partial charge in [0.05, 0.1) is 0 Å². The second-order valence-corrected chi connectivity index (χ2v) is 3.00. The Morgan fingerprint density at radius 2 is 0.500 bits per heavy atom. The zero-order valence-electron chi connectivity index (χ0n) is 9.07. The normalized spacial score (nSPS) is 20.6. The standard InChI is InChI=1S/2C4H10N2.2H3P/c2*1-2-6-4-3-5-1;;/h2*5-6H,1-4H2;2*1H3. The largest absolute Gasteiger partial charge is 0.314 e. The monoisotopic (exact) mass is 240 g/mol. The van der Waals surface area contributed by atoms with Gasteiger partial charge in [0.1, 0.15) is 0 Å². The molecule has 2 aliphatic heterocycles. The molecule has 2 atom stereocenters. The van der Waals surface area contributed by atoms with Gasteiger partial charge in [-0.15, -0.1) is 0 Å². The first-order valence-corrected chi connectivity index (χ1v) is 4.83. The van der Waals surface area contributed by atoms with E-state index in [1.165, 1.54) is 0 Å². The van der Waals surface area contributed by atoms with E-state index in [1.807, 2.05) is 0 Å². The maximum atomic E-state index is 3.22. The van der Waals surface area contributed by atoms with E-state index in [0.717, 1.165) is 52.4 Å². The number of nitrogens with one attached hydrogen (secondary N) is 4. The number of hydrogen-bond donors (Lipinski definition) is 4. The van der Waals surface area contributed by atoms with Gasteiger partial charge >= 0.3 is 0 Å². The molecule has 0 aromatic carbocycles. The van der Waals surface area contributed by atoms with Crippen LogP contribution in [0.4, 0.5) is 0 Å². The van der Waals surface area contributed by atoms with E-state index >= 15 is 0 Å². The van der Waals surface area contributed by atoms with Crippen LogP contribution < -0.4 is 21.3 Å². The Labute approximate surface area is 94.0 Å². The smallest absolute Gasteiger partial charge is 0.00772 e. The molecule has 2 unspecified atom stereocenters. The van der Waals surface area contributed by atoms with E-state index in [2.05, 4.69) is 21.3 Å². The van der Waals surface area contributed by atoms with Crippen LogP contribution in [0.25, 0.3) is 0 Å². The molecule has 0 saturated carbocycles. The molecular formula is C8H26N4P2. The van der Waals surface area contributed by atoms with Gasteiger partial charge in [-0.05, 0) is 0 Å². The highest BCUT2D eigenvalue weighted by molar-refractivity contribution is 6.92. The van der Waals surface area contributed by atoms with Crippen LogP contribution in [0.5, 0.6) is 0 Å². The minimum Gasteiger partial charge on any atom is -0.314 e. The van der Waals surface area contributed by atoms with E-state index in [1.54, 1.807) is 0 Å². The number of hydrogen-bond acceptors (Lipinski definition) is 4. The van der Waals surface area contributed by atoms with Crippen molar-refractivity contribution in [2.75, 3.05) is 52.4 Å². The van der Waals surface area contributed by atoms with Gasteiger partial charge in [-0.25, -0.2) is 0 Å². The zero-order valence-corrected chi connectivity index (χ0v) is 11.9. The molecule has 4 N–H and O–H groups in total. The highest BCUT2D eigenvalue weighted by Crippen LogP contribution is 1.65. The number of piperazine rings is 2. The lowest BCUT2D eigenvalue weighted by molar-refractivity contribution is 0.534. The summed E-state index contributed by atoms with van der Waals surface area (Å²) in [6.45, 7) is 9.11. The van der Waals surface area contributed by atoms with Crippen molar-refractivity contribution in [1.29, 1.82) is 0 Å². The molecule has 2 aliphatic rings. The van der Waals surface area contributed by atoms with Gasteiger partial charge in [-0.3, -0.25) is 0 Å². The predicted octanol–water partition coefficient (Wildman–Crippen LogP) is -1.53. The van der Waals surface area contributed by atoms with Gasteiger partial charge in [-0.1, -0.05) is 0 Å². The second kappa shape index (κ2) is 13.7. The van der Waals surface area contributed by atoms with Crippen LogP contribution in [0.3, 0.4) is 0 Å². The van der Waals surface area contributed by atoms with Crippen molar-refractivity contribution in [2.24, 2.45) is 0 Å². The topological polar surface area (TPSA) is 48.1 Å². The molecule has 0 spiro atoms. The molecule has 2 heterocycles. The van der Waals surface area contributed by atoms with Crippen molar-refractivity contribution in [3.8, 4) is 0 Å². The molecule has 0 amide bonds. The summed E-state index contributed by atoms with van der Waals surface area (Å²) in [4.78, 5) is 0. The molecular weight excluding hydrogens is 214 g/mol. The second-order valence-electron chi connectivity index (χ2n) is 3.00. The SMILES string of the molecule is C1CNCCN1.C1CNCCN1.P.P. The summed E-state index contributed by atoms with van der Waals surface area (Å²) in [6, 6.07) is 0. The minimum absolute atomic E-state index is 0. The molecule has 14 heavy (non-hydrogen) atoms. The maximum absolute atomic E-state index is 3.22.